The van der Waals surface area contributed by atoms with Gasteiger partial charge in [-0.1, -0.05) is 53.9 Å². The molecule has 7 heteroatoms. The predicted molar refractivity (Wildman–Crippen MR) is 125 cm³/mol. The van der Waals surface area contributed by atoms with E-state index in [2.05, 4.69) is 52.2 Å². The van der Waals surface area contributed by atoms with E-state index in [0.29, 0.717) is 13.0 Å². The third kappa shape index (κ3) is 16.1. The summed E-state index contributed by atoms with van der Waals surface area (Å²) >= 11 is 0. The molecule has 0 aliphatic rings. The molecule has 0 heterocycles. The van der Waals surface area contributed by atoms with Crippen molar-refractivity contribution in [1.29, 1.82) is 0 Å². The highest BCUT2D eigenvalue weighted by molar-refractivity contribution is 14.0. The first-order chi connectivity index (χ1) is 11.4. The molecule has 0 spiro atoms. The first-order valence-electron chi connectivity index (χ1n) is 9.61. The summed E-state index contributed by atoms with van der Waals surface area (Å²) in [5.74, 6) is 1.04. The van der Waals surface area contributed by atoms with E-state index in [9.17, 15) is 8.42 Å². The minimum Gasteiger partial charge on any atom is -0.357 e. The Kier molecular flexibility index (Phi) is 14.3. The van der Waals surface area contributed by atoms with Crippen molar-refractivity contribution in [3.63, 3.8) is 0 Å². The molecule has 2 N–H and O–H groups in total. The van der Waals surface area contributed by atoms with Crippen molar-refractivity contribution in [2.24, 2.45) is 15.8 Å². The lowest BCUT2D eigenvalue weighted by Gasteiger charge is -2.27. The van der Waals surface area contributed by atoms with Crippen molar-refractivity contribution in [3.05, 3.63) is 0 Å². The number of unbranched alkanes of at least 4 members (excludes halogenated alkanes) is 2. The van der Waals surface area contributed by atoms with Crippen molar-refractivity contribution in [2.75, 3.05) is 31.6 Å². The molecular formula is C19H42IN3O2S. The maximum Gasteiger partial charge on any atom is 0.191 e. The van der Waals surface area contributed by atoms with Crippen LogP contribution in [-0.2, 0) is 9.84 Å². The number of aliphatic imine (C=N–C) groups is 1. The highest BCUT2D eigenvalue weighted by Crippen LogP contribution is 2.24. The molecular weight excluding hydrogens is 461 g/mol. The zero-order chi connectivity index (χ0) is 19.6. The third-order valence-corrected chi connectivity index (χ3v) is 5.30. The van der Waals surface area contributed by atoms with Gasteiger partial charge in [0.1, 0.15) is 9.84 Å². The fraction of sp³-hybridized carbons (Fsp3) is 0.947. The van der Waals surface area contributed by atoms with Crippen molar-refractivity contribution in [2.45, 2.75) is 73.6 Å². The standard InChI is InChI=1S/C19H41N3O2S.HI/c1-8-10-11-12-18(3,4)15-21-17(20-9-2)22-16-19(5,6)13-14-25(7,23)24;/h8-16H2,1-7H3,(H2,20,21,22);1H. The predicted octanol–water partition coefficient (Wildman–Crippen LogP) is 4.23. The summed E-state index contributed by atoms with van der Waals surface area (Å²) in [6.45, 7) is 15.3. The largest absolute Gasteiger partial charge is 0.357 e. The molecule has 0 aliphatic heterocycles. The summed E-state index contributed by atoms with van der Waals surface area (Å²) in [4.78, 5) is 4.75. The van der Waals surface area contributed by atoms with Gasteiger partial charge in [0.2, 0.25) is 0 Å². The zero-order valence-electron chi connectivity index (χ0n) is 17.9. The summed E-state index contributed by atoms with van der Waals surface area (Å²) in [5.41, 5.74) is 0.0965. The Morgan fingerprint density at radius 2 is 1.58 bits per heavy atom. The van der Waals surface area contributed by atoms with Gasteiger partial charge in [-0.2, -0.15) is 0 Å². The van der Waals surface area contributed by atoms with Gasteiger partial charge in [0, 0.05) is 25.9 Å². The van der Waals surface area contributed by atoms with Crippen LogP contribution >= 0.6 is 24.0 Å². The monoisotopic (exact) mass is 503 g/mol. The van der Waals surface area contributed by atoms with Crippen LogP contribution in [-0.4, -0.2) is 46.0 Å². The topological polar surface area (TPSA) is 70.6 Å². The molecule has 5 nitrogen and oxygen atoms in total. The highest BCUT2D eigenvalue weighted by atomic mass is 127. The van der Waals surface area contributed by atoms with E-state index in [1.54, 1.807) is 0 Å². The molecule has 158 valence electrons. The molecule has 0 saturated carbocycles. The lowest BCUT2D eigenvalue weighted by atomic mass is 9.87. The molecule has 0 fully saturated rings. The van der Waals surface area contributed by atoms with Gasteiger partial charge < -0.3 is 10.6 Å². The van der Waals surface area contributed by atoms with Crippen LogP contribution < -0.4 is 10.6 Å². The van der Waals surface area contributed by atoms with E-state index >= 15 is 0 Å². The Morgan fingerprint density at radius 3 is 2.08 bits per heavy atom. The van der Waals surface area contributed by atoms with Gasteiger partial charge in [0.15, 0.2) is 5.96 Å². The van der Waals surface area contributed by atoms with Crippen LogP contribution in [0.5, 0.6) is 0 Å². The summed E-state index contributed by atoms with van der Waals surface area (Å²) in [5, 5.41) is 6.67. The Bertz CT molecular complexity index is 503. The van der Waals surface area contributed by atoms with Crippen LogP contribution in [0.3, 0.4) is 0 Å². The zero-order valence-corrected chi connectivity index (χ0v) is 21.1. The number of guanidine groups is 1. The third-order valence-electron chi connectivity index (χ3n) is 4.35. The molecule has 0 saturated heterocycles. The molecule has 0 aliphatic carbocycles. The second-order valence-corrected chi connectivity index (χ2v) is 11.0. The number of halogens is 1. The van der Waals surface area contributed by atoms with Crippen molar-refractivity contribution in [1.82, 2.24) is 10.6 Å². The van der Waals surface area contributed by atoms with E-state index in [1.165, 1.54) is 31.9 Å². The quantitative estimate of drug-likeness (QED) is 0.181. The molecule has 0 aromatic heterocycles. The van der Waals surface area contributed by atoms with E-state index in [4.69, 9.17) is 4.99 Å². The molecule has 0 bridgehead atoms. The Labute approximate surface area is 179 Å². The summed E-state index contributed by atoms with van der Waals surface area (Å²) < 4.78 is 22.8. The maximum absolute atomic E-state index is 11.4. The van der Waals surface area contributed by atoms with Crippen molar-refractivity contribution < 1.29 is 8.42 Å². The van der Waals surface area contributed by atoms with Crippen molar-refractivity contribution in [3.8, 4) is 0 Å². The second-order valence-electron chi connectivity index (χ2n) is 8.71. The SMILES string of the molecule is CCCCCC(C)(C)CN=C(NCC)NCC(C)(C)CCS(C)(=O)=O.I. The number of hydrogen-bond acceptors (Lipinski definition) is 3. The molecule has 0 amide bonds. The van der Waals surface area contributed by atoms with Gasteiger partial charge in [0.25, 0.3) is 0 Å². The van der Waals surface area contributed by atoms with E-state index in [-0.39, 0.29) is 40.6 Å². The highest BCUT2D eigenvalue weighted by Gasteiger charge is 2.21. The van der Waals surface area contributed by atoms with Gasteiger partial charge in [-0.05, 0) is 30.6 Å². The Hall–Kier alpha value is -0.0500. The van der Waals surface area contributed by atoms with Gasteiger partial charge >= 0.3 is 0 Å². The number of hydrogen-bond donors (Lipinski definition) is 2. The lowest BCUT2D eigenvalue weighted by Crippen LogP contribution is -2.43. The van der Waals surface area contributed by atoms with E-state index in [1.807, 2.05) is 0 Å². The fourth-order valence-electron chi connectivity index (χ4n) is 2.44. The Balaban J connectivity index is 0. The van der Waals surface area contributed by atoms with Crippen molar-refractivity contribution >= 4 is 39.8 Å². The van der Waals surface area contributed by atoms with Gasteiger partial charge in [0.05, 0.1) is 5.75 Å². The minimum atomic E-state index is -2.92. The summed E-state index contributed by atoms with van der Waals surface area (Å²) in [7, 11) is -2.92. The average Bonchev–Trinajstić information content (AvgIpc) is 2.48. The number of sulfone groups is 1. The van der Waals surface area contributed by atoms with Gasteiger partial charge in [-0.15, -0.1) is 24.0 Å². The van der Waals surface area contributed by atoms with Crippen LogP contribution in [0.25, 0.3) is 0 Å². The molecule has 26 heavy (non-hydrogen) atoms. The molecule has 0 aromatic rings. The van der Waals surface area contributed by atoms with Crippen LogP contribution in [0, 0.1) is 10.8 Å². The van der Waals surface area contributed by atoms with Gasteiger partial charge in [-0.3, -0.25) is 4.99 Å². The summed E-state index contributed by atoms with van der Waals surface area (Å²) in [6, 6.07) is 0. The lowest BCUT2D eigenvalue weighted by molar-refractivity contribution is 0.330. The number of rotatable bonds is 12. The first-order valence-corrected chi connectivity index (χ1v) is 11.7. The van der Waals surface area contributed by atoms with Crippen LogP contribution in [0.1, 0.15) is 73.6 Å². The number of nitrogens with zero attached hydrogens (tertiary/aromatic N) is 1. The molecule has 0 rings (SSSR count). The average molecular weight is 504 g/mol. The van der Waals surface area contributed by atoms with E-state index in [0.717, 1.165) is 19.0 Å². The second kappa shape index (κ2) is 13.2. The van der Waals surface area contributed by atoms with Crippen LogP contribution in [0.15, 0.2) is 4.99 Å². The normalized spacial score (nSPS) is 13.3. The van der Waals surface area contributed by atoms with Gasteiger partial charge in [-0.25, -0.2) is 8.42 Å². The van der Waals surface area contributed by atoms with Crippen LogP contribution in [0.4, 0.5) is 0 Å². The van der Waals surface area contributed by atoms with Crippen LogP contribution in [0.2, 0.25) is 0 Å². The molecule has 0 radical (unpaired) electrons. The fourth-order valence-corrected chi connectivity index (χ4v) is 3.36. The summed E-state index contributed by atoms with van der Waals surface area (Å²) in [6.07, 6.45) is 6.89. The molecule has 0 atom stereocenters. The smallest absolute Gasteiger partial charge is 0.191 e. The molecule has 0 aromatic carbocycles. The first kappa shape index (κ1) is 28.2. The number of nitrogens with one attached hydrogen (secondary N) is 2. The Morgan fingerprint density at radius 1 is 0.962 bits per heavy atom. The maximum atomic E-state index is 11.4. The minimum absolute atomic E-state index is 0. The van der Waals surface area contributed by atoms with E-state index < -0.39 is 9.84 Å². The molecule has 0 unspecified atom stereocenters.